The van der Waals surface area contributed by atoms with Crippen molar-refractivity contribution in [2.24, 2.45) is 0 Å². The van der Waals surface area contributed by atoms with Crippen LogP contribution in [0, 0.1) is 6.92 Å². The van der Waals surface area contributed by atoms with E-state index in [4.69, 9.17) is 4.98 Å². The van der Waals surface area contributed by atoms with E-state index in [1.807, 2.05) is 0 Å². The first-order chi connectivity index (χ1) is 10.1. The molecule has 0 spiro atoms. The van der Waals surface area contributed by atoms with E-state index in [1.54, 1.807) is 11.3 Å². The number of aromatic nitrogens is 2. The molecule has 0 atom stereocenters. The molecule has 2 heterocycles. The van der Waals surface area contributed by atoms with Gasteiger partial charge in [-0.25, -0.2) is 4.98 Å². The first kappa shape index (κ1) is 16.0. The third-order valence-corrected chi connectivity index (χ3v) is 4.21. The molecular formula is C15H24N4OS. The highest BCUT2D eigenvalue weighted by atomic mass is 32.1. The number of rotatable bonds is 7. The molecule has 116 valence electrons. The molecule has 2 aromatic heterocycles. The van der Waals surface area contributed by atoms with Gasteiger partial charge < -0.3 is 15.3 Å². The Hall–Kier alpha value is -1.40. The number of aliphatic hydroxyl groups excluding tert-OH is 1. The van der Waals surface area contributed by atoms with Gasteiger partial charge in [0, 0.05) is 24.0 Å². The van der Waals surface area contributed by atoms with E-state index < -0.39 is 0 Å². The van der Waals surface area contributed by atoms with E-state index >= 15 is 0 Å². The Morgan fingerprint density at radius 2 is 2.14 bits per heavy atom. The lowest BCUT2D eigenvalue weighted by molar-refractivity contribution is 0.299. The fourth-order valence-electron chi connectivity index (χ4n) is 2.28. The Morgan fingerprint density at radius 1 is 1.38 bits per heavy atom. The minimum Gasteiger partial charge on any atom is -0.395 e. The number of thiophene rings is 1. The van der Waals surface area contributed by atoms with Crippen LogP contribution in [-0.2, 0) is 0 Å². The average Bonchev–Trinajstić information content (AvgIpc) is 2.81. The molecule has 0 aliphatic heterocycles. The molecule has 21 heavy (non-hydrogen) atoms. The lowest BCUT2D eigenvalue weighted by atomic mass is 10.2. The number of aliphatic hydroxyl groups is 1. The van der Waals surface area contributed by atoms with Crippen molar-refractivity contribution in [1.82, 2.24) is 9.97 Å². The fraction of sp³-hybridized carbons (Fsp3) is 0.600. The van der Waals surface area contributed by atoms with Crippen LogP contribution in [-0.4, -0.2) is 40.8 Å². The topological polar surface area (TPSA) is 61.3 Å². The van der Waals surface area contributed by atoms with Crippen LogP contribution in [0.5, 0.6) is 0 Å². The monoisotopic (exact) mass is 308 g/mol. The zero-order valence-corrected chi connectivity index (χ0v) is 14.0. The lowest BCUT2D eigenvalue weighted by Gasteiger charge is -2.28. The van der Waals surface area contributed by atoms with Crippen molar-refractivity contribution in [2.75, 3.05) is 29.9 Å². The predicted molar refractivity (Wildman–Crippen MR) is 90.5 cm³/mol. The van der Waals surface area contributed by atoms with Crippen molar-refractivity contribution in [3.8, 4) is 0 Å². The smallest absolute Gasteiger partial charge is 0.226 e. The van der Waals surface area contributed by atoms with E-state index in [9.17, 15) is 5.11 Å². The highest BCUT2D eigenvalue weighted by molar-refractivity contribution is 7.18. The SMILES string of the molecule is CCCNc1nc(N(CCO)C(C)C)c2cc(C)sc2n1. The van der Waals surface area contributed by atoms with Gasteiger partial charge in [0.15, 0.2) is 0 Å². The third kappa shape index (κ3) is 3.63. The van der Waals surface area contributed by atoms with Gasteiger partial charge in [-0.3, -0.25) is 0 Å². The molecule has 6 heteroatoms. The number of fused-ring (bicyclic) bond motifs is 1. The van der Waals surface area contributed by atoms with Crippen molar-refractivity contribution in [2.45, 2.75) is 40.2 Å². The molecule has 5 nitrogen and oxygen atoms in total. The van der Waals surface area contributed by atoms with Crippen LogP contribution in [0.2, 0.25) is 0 Å². The summed E-state index contributed by atoms with van der Waals surface area (Å²) < 4.78 is 0. The molecule has 0 aromatic carbocycles. The summed E-state index contributed by atoms with van der Waals surface area (Å²) in [7, 11) is 0. The second kappa shape index (κ2) is 7.04. The summed E-state index contributed by atoms with van der Waals surface area (Å²) in [4.78, 5) is 13.6. The van der Waals surface area contributed by atoms with Gasteiger partial charge in [-0.2, -0.15) is 4.98 Å². The van der Waals surface area contributed by atoms with Crippen molar-refractivity contribution >= 4 is 33.3 Å². The molecule has 0 aliphatic rings. The molecule has 0 radical (unpaired) electrons. The Labute approximate surface area is 130 Å². The van der Waals surface area contributed by atoms with Gasteiger partial charge in [-0.15, -0.1) is 11.3 Å². The first-order valence-corrected chi connectivity index (χ1v) is 8.28. The van der Waals surface area contributed by atoms with Gasteiger partial charge in [0.25, 0.3) is 0 Å². The Kier molecular flexibility index (Phi) is 5.36. The molecule has 0 unspecified atom stereocenters. The van der Waals surface area contributed by atoms with Gasteiger partial charge in [0.2, 0.25) is 5.95 Å². The van der Waals surface area contributed by atoms with Crippen LogP contribution >= 0.6 is 11.3 Å². The zero-order valence-electron chi connectivity index (χ0n) is 13.2. The molecule has 0 bridgehead atoms. The number of hydrogen-bond donors (Lipinski definition) is 2. The maximum absolute atomic E-state index is 9.34. The van der Waals surface area contributed by atoms with Crippen LogP contribution in [0.3, 0.4) is 0 Å². The van der Waals surface area contributed by atoms with Crippen LogP contribution < -0.4 is 10.2 Å². The number of anilines is 2. The largest absolute Gasteiger partial charge is 0.395 e. The van der Waals surface area contributed by atoms with Crippen molar-refractivity contribution < 1.29 is 5.11 Å². The number of nitrogens with zero attached hydrogens (tertiary/aromatic N) is 3. The van der Waals surface area contributed by atoms with E-state index in [0.717, 1.165) is 29.0 Å². The van der Waals surface area contributed by atoms with Gasteiger partial charge in [0.05, 0.1) is 12.0 Å². The van der Waals surface area contributed by atoms with E-state index in [0.29, 0.717) is 12.5 Å². The Bertz CT molecular complexity index is 597. The average molecular weight is 308 g/mol. The third-order valence-electron chi connectivity index (χ3n) is 3.27. The minimum absolute atomic E-state index is 0.116. The predicted octanol–water partition coefficient (Wildman–Crippen LogP) is 3.03. The highest BCUT2D eigenvalue weighted by Crippen LogP contribution is 2.32. The first-order valence-electron chi connectivity index (χ1n) is 7.46. The second-order valence-electron chi connectivity index (χ2n) is 5.38. The van der Waals surface area contributed by atoms with Crippen LogP contribution in [0.1, 0.15) is 32.1 Å². The Morgan fingerprint density at radius 3 is 2.76 bits per heavy atom. The maximum Gasteiger partial charge on any atom is 0.226 e. The molecule has 0 aliphatic carbocycles. The van der Waals surface area contributed by atoms with Crippen LogP contribution in [0.25, 0.3) is 10.2 Å². The molecule has 0 amide bonds. The molecule has 2 rings (SSSR count). The molecule has 0 fully saturated rings. The van der Waals surface area contributed by atoms with E-state index in [2.05, 4.69) is 49.0 Å². The van der Waals surface area contributed by atoms with Crippen molar-refractivity contribution in [3.63, 3.8) is 0 Å². The van der Waals surface area contributed by atoms with Crippen molar-refractivity contribution in [3.05, 3.63) is 10.9 Å². The lowest BCUT2D eigenvalue weighted by Crippen LogP contribution is -2.34. The Balaban J connectivity index is 2.51. The molecule has 2 N–H and O–H groups in total. The van der Waals surface area contributed by atoms with E-state index in [-0.39, 0.29) is 12.6 Å². The quantitative estimate of drug-likeness (QED) is 0.823. The number of nitrogens with one attached hydrogen (secondary N) is 1. The molecular weight excluding hydrogens is 284 g/mol. The van der Waals surface area contributed by atoms with Crippen LogP contribution in [0.15, 0.2) is 6.07 Å². The summed E-state index contributed by atoms with van der Waals surface area (Å²) >= 11 is 1.68. The summed E-state index contributed by atoms with van der Waals surface area (Å²) in [6.45, 7) is 9.98. The van der Waals surface area contributed by atoms with Gasteiger partial charge in [-0.1, -0.05) is 6.92 Å². The van der Waals surface area contributed by atoms with Gasteiger partial charge in [0.1, 0.15) is 10.6 Å². The standard InChI is InChI=1S/C15H24N4OS/c1-5-6-16-15-17-13(19(7-8-20)10(2)3)12-9-11(4)21-14(12)18-15/h9-10,20H,5-8H2,1-4H3,(H,16,17,18). The summed E-state index contributed by atoms with van der Waals surface area (Å²) in [6, 6.07) is 2.40. The summed E-state index contributed by atoms with van der Waals surface area (Å²) in [5.74, 6) is 1.58. The highest BCUT2D eigenvalue weighted by Gasteiger charge is 2.18. The van der Waals surface area contributed by atoms with Gasteiger partial charge >= 0.3 is 0 Å². The number of hydrogen-bond acceptors (Lipinski definition) is 6. The molecule has 2 aromatic rings. The van der Waals surface area contributed by atoms with E-state index in [1.165, 1.54) is 4.88 Å². The fourth-order valence-corrected chi connectivity index (χ4v) is 3.15. The summed E-state index contributed by atoms with van der Waals surface area (Å²) in [5.41, 5.74) is 0. The minimum atomic E-state index is 0.116. The summed E-state index contributed by atoms with van der Waals surface area (Å²) in [5, 5.41) is 13.7. The second-order valence-corrected chi connectivity index (χ2v) is 6.62. The normalized spacial score (nSPS) is 11.3. The van der Waals surface area contributed by atoms with Crippen LogP contribution in [0.4, 0.5) is 11.8 Å². The summed E-state index contributed by atoms with van der Waals surface area (Å²) in [6.07, 6.45) is 1.03. The zero-order chi connectivity index (χ0) is 15.4. The van der Waals surface area contributed by atoms with Gasteiger partial charge in [-0.05, 0) is 33.3 Å². The number of aryl methyl sites for hydroxylation is 1. The maximum atomic E-state index is 9.34. The molecule has 0 saturated heterocycles. The molecule has 0 saturated carbocycles. The van der Waals surface area contributed by atoms with Crippen molar-refractivity contribution in [1.29, 1.82) is 0 Å².